The number of carbonyl (C=O) groups excluding carboxylic acids is 3. The zero-order chi connectivity index (χ0) is 40.8. The molecule has 0 fully saturated rings. The highest BCUT2D eigenvalue weighted by molar-refractivity contribution is 5.71. The first-order chi connectivity index (χ1) is 27.5. The lowest BCUT2D eigenvalue weighted by Gasteiger charge is -2.18. The van der Waals surface area contributed by atoms with Gasteiger partial charge in [0.25, 0.3) is 0 Å². The van der Waals surface area contributed by atoms with Crippen LogP contribution in [-0.2, 0) is 28.6 Å². The Labute approximate surface area is 346 Å². The minimum Gasteiger partial charge on any atom is -0.462 e. The Morgan fingerprint density at radius 2 is 0.696 bits per heavy atom. The van der Waals surface area contributed by atoms with Crippen LogP contribution in [0.3, 0.4) is 0 Å². The van der Waals surface area contributed by atoms with Gasteiger partial charge in [0.05, 0.1) is 0 Å². The van der Waals surface area contributed by atoms with Crippen LogP contribution in [0, 0.1) is 0 Å². The number of esters is 3. The zero-order valence-corrected chi connectivity index (χ0v) is 37.2. The second-order valence-corrected chi connectivity index (χ2v) is 16.1. The number of rotatable bonds is 43. The second-order valence-electron chi connectivity index (χ2n) is 16.1. The molecular formula is C50H90O6. The minimum atomic E-state index is -0.770. The first kappa shape index (κ1) is 53.6. The molecule has 0 bridgehead atoms. The van der Waals surface area contributed by atoms with Gasteiger partial charge < -0.3 is 14.2 Å². The summed E-state index contributed by atoms with van der Waals surface area (Å²) in [5.74, 6) is -0.880. The monoisotopic (exact) mass is 787 g/mol. The summed E-state index contributed by atoms with van der Waals surface area (Å²) >= 11 is 0. The van der Waals surface area contributed by atoms with E-state index < -0.39 is 6.10 Å². The Morgan fingerprint density at radius 1 is 0.375 bits per heavy atom. The molecule has 6 nitrogen and oxygen atoms in total. The van der Waals surface area contributed by atoms with Crippen LogP contribution in [0.15, 0.2) is 36.5 Å². The van der Waals surface area contributed by atoms with Crippen LogP contribution in [0.1, 0.15) is 245 Å². The van der Waals surface area contributed by atoms with Gasteiger partial charge in [-0.3, -0.25) is 14.4 Å². The van der Waals surface area contributed by atoms with E-state index in [0.29, 0.717) is 19.3 Å². The van der Waals surface area contributed by atoms with Crippen LogP contribution < -0.4 is 0 Å². The highest BCUT2D eigenvalue weighted by Gasteiger charge is 2.19. The van der Waals surface area contributed by atoms with Gasteiger partial charge in [0.15, 0.2) is 6.10 Å². The molecule has 326 valence electrons. The van der Waals surface area contributed by atoms with Crippen molar-refractivity contribution in [2.75, 3.05) is 13.2 Å². The molecule has 1 unspecified atom stereocenters. The number of hydrogen-bond donors (Lipinski definition) is 0. The van der Waals surface area contributed by atoms with Gasteiger partial charge in [-0.1, -0.05) is 224 Å². The Hall–Kier alpha value is -2.37. The summed E-state index contributed by atoms with van der Waals surface area (Å²) in [5.41, 5.74) is 0. The molecule has 0 rings (SSSR count). The molecule has 0 saturated carbocycles. The molecule has 0 amide bonds. The van der Waals surface area contributed by atoms with Crippen LogP contribution in [-0.4, -0.2) is 37.2 Å². The smallest absolute Gasteiger partial charge is 0.306 e. The van der Waals surface area contributed by atoms with Crippen LogP contribution in [0.4, 0.5) is 0 Å². The molecule has 0 aliphatic carbocycles. The van der Waals surface area contributed by atoms with Crippen molar-refractivity contribution in [3.05, 3.63) is 36.5 Å². The minimum absolute atomic E-state index is 0.0726. The molecule has 0 aliphatic heterocycles. The van der Waals surface area contributed by atoms with E-state index in [9.17, 15) is 14.4 Å². The van der Waals surface area contributed by atoms with Crippen molar-refractivity contribution in [3.8, 4) is 0 Å². The molecule has 0 saturated heterocycles. The van der Waals surface area contributed by atoms with Gasteiger partial charge in [-0.05, 0) is 38.5 Å². The second kappa shape index (κ2) is 45.3. The number of hydrogen-bond acceptors (Lipinski definition) is 6. The fraction of sp³-hybridized carbons (Fsp3) is 0.820. The first-order valence-corrected chi connectivity index (χ1v) is 24.0. The molecule has 0 aromatic rings. The van der Waals surface area contributed by atoms with Crippen LogP contribution >= 0.6 is 0 Å². The third kappa shape index (κ3) is 42.8. The molecule has 6 heteroatoms. The molecule has 0 aromatic heterocycles. The maximum Gasteiger partial charge on any atom is 0.306 e. The summed E-state index contributed by atoms with van der Waals surface area (Å²) < 4.78 is 16.7. The van der Waals surface area contributed by atoms with E-state index in [0.717, 1.165) is 70.6 Å². The summed E-state index contributed by atoms with van der Waals surface area (Å²) in [4.78, 5) is 37.8. The van der Waals surface area contributed by atoms with E-state index in [1.54, 1.807) is 0 Å². The van der Waals surface area contributed by atoms with Gasteiger partial charge in [0.2, 0.25) is 0 Å². The SMILES string of the molecule is CC\C=C/C=C\C=C/CCCCCCCCCC(=O)OCC(COC(=O)CCCCCCCCCCC)OC(=O)CCCCCCCCCCCCCCCC. The van der Waals surface area contributed by atoms with E-state index in [1.165, 1.54) is 135 Å². The van der Waals surface area contributed by atoms with E-state index in [-0.39, 0.29) is 31.1 Å². The van der Waals surface area contributed by atoms with E-state index in [4.69, 9.17) is 14.2 Å². The van der Waals surface area contributed by atoms with Crippen LogP contribution in [0.25, 0.3) is 0 Å². The van der Waals surface area contributed by atoms with Gasteiger partial charge in [0, 0.05) is 19.3 Å². The fourth-order valence-corrected chi connectivity index (χ4v) is 6.85. The molecule has 0 aliphatic rings. The van der Waals surface area contributed by atoms with Crippen molar-refractivity contribution < 1.29 is 28.6 Å². The average molecular weight is 787 g/mol. The van der Waals surface area contributed by atoms with E-state index in [2.05, 4.69) is 57.2 Å². The third-order valence-corrected chi connectivity index (χ3v) is 10.5. The lowest BCUT2D eigenvalue weighted by atomic mass is 10.0. The molecule has 0 radical (unpaired) electrons. The quantitative estimate of drug-likeness (QED) is 0.0265. The summed E-state index contributed by atoms with van der Waals surface area (Å²) in [6.07, 6.45) is 51.2. The molecular weight excluding hydrogens is 697 g/mol. The van der Waals surface area contributed by atoms with Crippen molar-refractivity contribution in [1.82, 2.24) is 0 Å². The third-order valence-electron chi connectivity index (χ3n) is 10.5. The molecule has 0 N–H and O–H groups in total. The highest BCUT2D eigenvalue weighted by Crippen LogP contribution is 2.15. The fourth-order valence-electron chi connectivity index (χ4n) is 6.85. The summed E-state index contributed by atoms with van der Waals surface area (Å²) in [7, 11) is 0. The van der Waals surface area contributed by atoms with Crippen molar-refractivity contribution in [3.63, 3.8) is 0 Å². The predicted molar refractivity (Wildman–Crippen MR) is 238 cm³/mol. The lowest BCUT2D eigenvalue weighted by molar-refractivity contribution is -0.167. The molecule has 0 spiro atoms. The molecule has 0 aromatic carbocycles. The number of ether oxygens (including phenoxy) is 3. The van der Waals surface area contributed by atoms with Gasteiger partial charge >= 0.3 is 17.9 Å². The largest absolute Gasteiger partial charge is 0.462 e. The van der Waals surface area contributed by atoms with Gasteiger partial charge in [0.1, 0.15) is 13.2 Å². The van der Waals surface area contributed by atoms with Crippen LogP contribution in [0.2, 0.25) is 0 Å². The Balaban J connectivity index is 4.33. The van der Waals surface area contributed by atoms with Crippen molar-refractivity contribution in [2.45, 2.75) is 252 Å². The zero-order valence-electron chi connectivity index (χ0n) is 37.2. The number of allylic oxidation sites excluding steroid dienone is 6. The van der Waals surface area contributed by atoms with E-state index in [1.807, 2.05) is 0 Å². The summed E-state index contributed by atoms with van der Waals surface area (Å²) in [6.45, 7) is 6.49. The Kier molecular flexibility index (Phi) is 43.4. The lowest BCUT2D eigenvalue weighted by Crippen LogP contribution is -2.30. The summed E-state index contributed by atoms with van der Waals surface area (Å²) in [6, 6.07) is 0. The molecule has 1 atom stereocenters. The molecule has 0 heterocycles. The van der Waals surface area contributed by atoms with Crippen molar-refractivity contribution >= 4 is 17.9 Å². The van der Waals surface area contributed by atoms with Crippen molar-refractivity contribution in [1.29, 1.82) is 0 Å². The van der Waals surface area contributed by atoms with Gasteiger partial charge in [-0.15, -0.1) is 0 Å². The Bertz CT molecular complexity index is 953. The number of unbranched alkanes of at least 4 members (excludes halogenated alkanes) is 28. The van der Waals surface area contributed by atoms with Crippen LogP contribution in [0.5, 0.6) is 0 Å². The van der Waals surface area contributed by atoms with E-state index >= 15 is 0 Å². The normalized spacial score (nSPS) is 12.3. The first-order valence-electron chi connectivity index (χ1n) is 24.0. The predicted octanol–water partition coefficient (Wildman–Crippen LogP) is 15.4. The standard InChI is InChI=1S/C50H90O6/c1-4-7-10-13-16-19-21-23-25-27-28-31-34-37-40-43-49(52)55-46-47(45-54-48(51)42-39-36-33-30-18-15-12-9-6-3)56-50(53)44-41-38-35-32-29-26-24-22-20-17-14-11-8-5-2/h7,10,13,16,19,21,47H,4-6,8-9,11-12,14-15,17-18,20,22-46H2,1-3H3/b10-7-,16-13-,21-19-. The topological polar surface area (TPSA) is 78.9 Å². The maximum absolute atomic E-state index is 12.7. The maximum atomic E-state index is 12.7. The van der Waals surface area contributed by atoms with Crippen molar-refractivity contribution in [2.24, 2.45) is 0 Å². The molecule has 56 heavy (non-hydrogen) atoms. The average Bonchev–Trinajstić information content (AvgIpc) is 3.19. The Morgan fingerprint density at radius 3 is 1.07 bits per heavy atom. The van der Waals surface area contributed by atoms with Gasteiger partial charge in [-0.25, -0.2) is 0 Å². The van der Waals surface area contributed by atoms with Gasteiger partial charge in [-0.2, -0.15) is 0 Å². The number of carbonyl (C=O) groups is 3. The highest BCUT2D eigenvalue weighted by atomic mass is 16.6. The summed E-state index contributed by atoms with van der Waals surface area (Å²) in [5, 5.41) is 0.